The van der Waals surface area contributed by atoms with Gasteiger partial charge in [-0.2, -0.15) is 0 Å². The summed E-state index contributed by atoms with van der Waals surface area (Å²) in [4.78, 5) is 0. The Morgan fingerprint density at radius 2 is 0.439 bits per heavy atom. The minimum Gasteiger partial charge on any atom is -0.455 e. The van der Waals surface area contributed by atoms with Gasteiger partial charge in [-0.15, -0.1) is 0 Å². The highest BCUT2D eigenvalue weighted by molar-refractivity contribution is 6.23. The molecule has 0 aliphatic heterocycles. The summed E-state index contributed by atoms with van der Waals surface area (Å²) in [6, 6.07) is 126. The molecule has 0 bridgehead atoms. The Labute approximate surface area is 877 Å². The number of hydrogen-bond acceptors (Lipinski definition) is 2. The summed E-state index contributed by atoms with van der Waals surface area (Å²) in [7, 11) is 0. The van der Waals surface area contributed by atoms with Gasteiger partial charge in [0.05, 0.1) is 10.8 Å². The van der Waals surface area contributed by atoms with Crippen molar-refractivity contribution in [3.8, 4) is 134 Å². The molecule has 2 heterocycles. The number of furan rings is 2. The molecule has 734 valence electrons. The lowest BCUT2D eigenvalue weighted by Gasteiger charge is -2.33. The molecule has 0 N–H and O–H groups in total. The van der Waals surface area contributed by atoms with E-state index >= 15 is 0 Å². The monoisotopic (exact) mass is 1920 g/mol. The molecule has 0 unspecified atom stereocenters. The zero-order chi connectivity index (χ0) is 99.9. The van der Waals surface area contributed by atoms with Crippen molar-refractivity contribution in [2.24, 2.45) is 0 Å². The van der Waals surface area contributed by atoms with Crippen LogP contribution in [-0.2, 0) is 32.5 Å². The Bertz CT molecular complexity index is 8020. The van der Waals surface area contributed by atoms with E-state index in [4.69, 9.17) is 8.83 Å². The van der Waals surface area contributed by atoms with Gasteiger partial charge in [0.2, 0.25) is 0 Å². The Morgan fingerprint density at radius 1 is 0.189 bits per heavy atom. The molecule has 2 nitrogen and oxygen atoms in total. The number of para-hydroxylation sites is 2. The van der Waals surface area contributed by atoms with Crippen LogP contribution in [0.5, 0.6) is 0 Å². The van der Waals surface area contributed by atoms with Crippen molar-refractivity contribution in [3.05, 3.63) is 416 Å². The highest BCUT2D eigenvalue weighted by Gasteiger charge is 2.59. The molecule has 0 fully saturated rings. The first-order chi connectivity index (χ1) is 72.6. The minimum absolute atomic E-state index is 0.0108. The first-order valence-corrected chi connectivity index (χ1v) is 57.2. The smallest absolute Gasteiger partial charge is 0.143 e. The molecule has 17 aromatic carbocycles. The van der Waals surface area contributed by atoms with E-state index in [-0.39, 0.29) is 21.7 Å². The third-order valence-corrected chi connectivity index (χ3v) is 38.2. The third kappa shape index (κ3) is 13.6. The van der Waals surface area contributed by atoms with Crippen LogP contribution < -0.4 is 0 Å². The molecule has 0 radical (unpaired) electrons. The van der Waals surface area contributed by atoms with Gasteiger partial charge in [0.1, 0.15) is 22.3 Å². The van der Waals surface area contributed by atoms with E-state index in [9.17, 15) is 0 Å². The number of rotatable bonds is 32. The van der Waals surface area contributed by atoms with E-state index < -0.39 is 10.8 Å². The van der Waals surface area contributed by atoms with Crippen molar-refractivity contribution in [2.75, 3.05) is 0 Å². The minimum atomic E-state index is -0.788. The van der Waals surface area contributed by atoms with Crippen molar-refractivity contribution in [1.82, 2.24) is 0 Å². The summed E-state index contributed by atoms with van der Waals surface area (Å²) in [5.41, 5.74) is 57.2. The quantitative estimate of drug-likeness (QED) is 0.0393. The molecule has 0 atom stereocenters. The van der Waals surface area contributed by atoms with Crippen LogP contribution in [0.2, 0.25) is 0 Å². The predicted octanol–water partition coefficient (Wildman–Crippen LogP) is 41.6. The number of fused-ring (bicyclic) bond motifs is 40. The summed E-state index contributed by atoms with van der Waals surface area (Å²) in [6.45, 7) is 24.1. The molecule has 2 aromatic heterocycles. The van der Waals surface area contributed by atoms with E-state index in [0.717, 1.165) is 66.1 Å². The van der Waals surface area contributed by atoms with Gasteiger partial charge in [0.15, 0.2) is 0 Å². The zero-order valence-electron chi connectivity index (χ0n) is 88.6. The standard InChI is InChI=1S/C146H138O2/c1-11-15-19-23-27-47-75-143(76-48-28-24-20-16-12-2)117-59-39-31-51-97(117)103-71-67-93(83-127(103)143)109-85-125-113(79-91(109)5)105-73-69-95(81-123(105)141(125,7)8)111-87-131-135(137-107-57-37-45-65-133(107)147-139(111)137)115-89-130-116(90-129(115)145(131)119-61-41-33-53-99(119)100-54-34-42-62-120(100)145)136-132(146(130)121-63-43-35-55-101(121)102-56-36-44-64-122(102)146)88-112(140-138(136)108-58-38-46-66-134(108)148-140)96-70-74-106-114-80-92(6)110(86-126(114)142(9,10)124(106)82-96)94-68-72-104-98-52-32-40-60-118(98)144(128(104)84-94,77-49-29-25-21-17-13-3)78-50-30-26-22-18-14-4/h31-46,51-74,79-90H,11-30,47-50,75-78H2,1-10H3. The molecule has 8 aliphatic carbocycles. The fraction of sp³-hybridized carbons (Fsp3) is 0.301. The highest BCUT2D eigenvalue weighted by atomic mass is 16.3. The van der Waals surface area contributed by atoms with Gasteiger partial charge >= 0.3 is 0 Å². The van der Waals surface area contributed by atoms with E-state index in [1.807, 2.05) is 0 Å². The summed E-state index contributed by atoms with van der Waals surface area (Å²) in [5.74, 6) is 0. The molecule has 0 saturated carbocycles. The van der Waals surface area contributed by atoms with Crippen molar-refractivity contribution in [3.63, 3.8) is 0 Å². The molecular formula is C146H138O2. The maximum atomic E-state index is 7.74. The second kappa shape index (κ2) is 36.1. The number of benzene rings is 17. The molecule has 0 amide bonds. The largest absolute Gasteiger partial charge is 0.455 e. The van der Waals surface area contributed by atoms with E-state index in [1.54, 1.807) is 22.3 Å². The van der Waals surface area contributed by atoms with Crippen LogP contribution >= 0.6 is 0 Å². The Morgan fingerprint density at radius 3 is 0.777 bits per heavy atom. The molecule has 148 heavy (non-hydrogen) atoms. The van der Waals surface area contributed by atoms with Crippen molar-refractivity contribution < 1.29 is 8.83 Å². The van der Waals surface area contributed by atoms with E-state index in [0.29, 0.717) is 0 Å². The molecule has 0 saturated heterocycles. The Balaban J connectivity index is 0.610. The Kier molecular flexibility index (Phi) is 22.7. The van der Waals surface area contributed by atoms with Crippen LogP contribution in [0.1, 0.15) is 335 Å². The van der Waals surface area contributed by atoms with Crippen LogP contribution in [0, 0.1) is 13.8 Å². The van der Waals surface area contributed by atoms with Crippen molar-refractivity contribution >= 4 is 43.9 Å². The maximum Gasteiger partial charge on any atom is 0.143 e. The summed E-state index contributed by atoms with van der Waals surface area (Å²) in [6.07, 6.45) is 36.1. The number of aryl methyl sites for hydroxylation is 2. The van der Waals surface area contributed by atoms with E-state index in [1.165, 1.54) is 369 Å². The SMILES string of the molecule is CCCCCCCCC1(CCCCCCCC)c2ccccc2-c2ccc(-c3cc4c(cc3C)-c3ccc(-c5cc6c(c7c5oc5ccccc57)-c5cc7c(cc5C65c6ccccc6-c6ccccc65)-c5c(cc(-c6ccc8c(c6)C(C)(C)c6cc(-c9ccc%10c(c9)C(CCCCCCCC)(CCCCCCCC)c9ccccc9-%10)c(C)cc6-8)c6oc8ccccc8c56)C75c6ccccc6-c6ccccc65)cc3C4(C)C)cc21. The summed E-state index contributed by atoms with van der Waals surface area (Å²) >= 11 is 0. The lowest BCUT2D eigenvalue weighted by molar-refractivity contribution is 0.398. The normalized spacial score (nSPS) is 15.4. The van der Waals surface area contributed by atoms with Gasteiger partial charge in [-0.25, -0.2) is 0 Å². The van der Waals surface area contributed by atoms with Crippen LogP contribution in [0.25, 0.3) is 177 Å². The second-order valence-corrected chi connectivity index (χ2v) is 47.0. The first-order valence-electron chi connectivity index (χ1n) is 57.2. The molecule has 27 rings (SSSR count). The van der Waals surface area contributed by atoms with Crippen LogP contribution in [0.4, 0.5) is 0 Å². The van der Waals surface area contributed by atoms with Crippen LogP contribution in [-0.4, -0.2) is 0 Å². The zero-order valence-corrected chi connectivity index (χ0v) is 88.6. The van der Waals surface area contributed by atoms with Gasteiger partial charge < -0.3 is 8.83 Å². The van der Waals surface area contributed by atoms with Crippen LogP contribution in [0.3, 0.4) is 0 Å². The number of hydrogen-bond donors (Lipinski definition) is 0. The Hall–Kier alpha value is -13.7. The van der Waals surface area contributed by atoms with Crippen LogP contribution in [0.15, 0.2) is 324 Å². The first kappa shape index (κ1) is 92.9. The summed E-state index contributed by atoms with van der Waals surface area (Å²) in [5, 5.41) is 4.58. The summed E-state index contributed by atoms with van der Waals surface area (Å²) < 4.78 is 15.5. The molecule has 8 aliphatic rings. The number of unbranched alkanes of at least 4 members (excludes halogenated alkanes) is 20. The van der Waals surface area contributed by atoms with Crippen molar-refractivity contribution in [2.45, 2.75) is 282 Å². The topological polar surface area (TPSA) is 26.3 Å². The van der Waals surface area contributed by atoms with Gasteiger partial charge in [-0.3, -0.25) is 0 Å². The second-order valence-electron chi connectivity index (χ2n) is 47.0. The molecule has 2 spiro atoms. The lowest BCUT2D eigenvalue weighted by Crippen LogP contribution is -2.27. The molecular weight excluding hydrogens is 1790 g/mol. The highest BCUT2D eigenvalue weighted by Crippen LogP contribution is 2.72. The third-order valence-electron chi connectivity index (χ3n) is 38.2. The fourth-order valence-electron chi connectivity index (χ4n) is 31.1. The van der Waals surface area contributed by atoms with Gasteiger partial charge in [-0.05, 0) is 335 Å². The lowest BCUT2D eigenvalue weighted by atomic mass is 9.68. The van der Waals surface area contributed by atoms with Crippen molar-refractivity contribution in [1.29, 1.82) is 0 Å². The van der Waals surface area contributed by atoms with E-state index in [2.05, 4.69) is 385 Å². The van der Waals surface area contributed by atoms with Gasteiger partial charge in [0.25, 0.3) is 0 Å². The fourth-order valence-corrected chi connectivity index (χ4v) is 31.1. The van der Waals surface area contributed by atoms with Gasteiger partial charge in [-0.1, -0.05) is 452 Å². The average molecular weight is 1920 g/mol. The molecule has 2 heteroatoms. The predicted molar refractivity (Wildman–Crippen MR) is 624 cm³/mol. The maximum absolute atomic E-state index is 7.74. The average Bonchev–Trinajstić information content (AvgIpc) is 1.47. The molecule has 19 aromatic rings. The van der Waals surface area contributed by atoms with Gasteiger partial charge in [0, 0.05) is 54.3 Å².